The van der Waals surface area contributed by atoms with Gasteiger partial charge in [0.15, 0.2) is 0 Å². The Morgan fingerprint density at radius 2 is 1.89 bits per heavy atom. The van der Waals surface area contributed by atoms with E-state index in [9.17, 15) is 13.2 Å². The first-order valence-corrected chi connectivity index (χ1v) is 5.04. The van der Waals surface area contributed by atoms with Crippen molar-refractivity contribution in [2.75, 3.05) is 0 Å². The molecule has 2 rings (SSSR count). The lowest BCUT2D eigenvalue weighted by Gasteiger charge is -2.08. The molecule has 0 aliphatic carbocycles. The maximum absolute atomic E-state index is 12.5. The van der Waals surface area contributed by atoms with Crippen molar-refractivity contribution in [2.24, 2.45) is 5.10 Å². The van der Waals surface area contributed by atoms with Crippen LogP contribution in [0.2, 0.25) is 0 Å². The van der Waals surface area contributed by atoms with Crippen LogP contribution in [0.15, 0.2) is 42.0 Å². The molecule has 0 saturated heterocycles. The fraction of sp³-hybridized carbons (Fsp3) is 0.182. The summed E-state index contributed by atoms with van der Waals surface area (Å²) in [5, 5.41) is 11.2. The molecule has 0 unspecified atom stereocenters. The van der Waals surface area contributed by atoms with Crippen LogP contribution in [0.1, 0.15) is 18.1 Å². The van der Waals surface area contributed by atoms with Gasteiger partial charge in [0.05, 0.1) is 11.3 Å². The minimum atomic E-state index is -4.35. The molecule has 7 heteroatoms. The Morgan fingerprint density at radius 1 is 1.22 bits per heavy atom. The molecule has 0 aliphatic rings. The van der Waals surface area contributed by atoms with E-state index in [4.69, 9.17) is 0 Å². The molecule has 1 aromatic heterocycles. The Kier molecular flexibility index (Phi) is 3.14. The zero-order valence-electron chi connectivity index (χ0n) is 9.39. The number of hydrogen-bond donors (Lipinski definition) is 0. The van der Waals surface area contributed by atoms with E-state index in [2.05, 4.69) is 15.3 Å². The van der Waals surface area contributed by atoms with Gasteiger partial charge in [-0.1, -0.05) is 12.1 Å². The van der Waals surface area contributed by atoms with Gasteiger partial charge in [-0.2, -0.15) is 18.3 Å². The fourth-order valence-electron chi connectivity index (χ4n) is 1.40. The average molecular weight is 254 g/mol. The molecule has 0 atom stereocenters. The second-order valence-electron chi connectivity index (χ2n) is 3.61. The third kappa shape index (κ3) is 2.73. The van der Waals surface area contributed by atoms with E-state index in [1.54, 1.807) is 13.0 Å². The highest BCUT2D eigenvalue weighted by Gasteiger charge is 2.30. The third-order valence-corrected chi connectivity index (χ3v) is 2.28. The Balaban J connectivity index is 2.34. The minimum Gasteiger partial charge on any atom is -0.207 e. The normalized spacial score (nSPS) is 12.8. The lowest BCUT2D eigenvalue weighted by Crippen LogP contribution is -2.07. The molecule has 0 bridgehead atoms. The summed E-state index contributed by atoms with van der Waals surface area (Å²) < 4.78 is 39.0. The zero-order valence-corrected chi connectivity index (χ0v) is 9.39. The van der Waals surface area contributed by atoms with Crippen LogP contribution < -0.4 is 0 Å². The summed E-state index contributed by atoms with van der Waals surface area (Å²) in [7, 11) is 0. The summed E-state index contributed by atoms with van der Waals surface area (Å²) in [5.74, 6) is 0. The first-order chi connectivity index (χ1) is 8.47. The van der Waals surface area contributed by atoms with Crippen molar-refractivity contribution in [1.29, 1.82) is 0 Å². The van der Waals surface area contributed by atoms with E-state index in [1.807, 2.05) is 0 Å². The van der Waals surface area contributed by atoms with E-state index in [-0.39, 0.29) is 0 Å². The van der Waals surface area contributed by atoms with Gasteiger partial charge in [-0.3, -0.25) is 0 Å². The first-order valence-electron chi connectivity index (χ1n) is 5.04. The highest BCUT2D eigenvalue weighted by atomic mass is 19.4. The Labute approximate surface area is 101 Å². The van der Waals surface area contributed by atoms with Crippen molar-refractivity contribution >= 4 is 5.71 Å². The van der Waals surface area contributed by atoms with Crippen LogP contribution in [-0.2, 0) is 6.18 Å². The minimum absolute atomic E-state index is 0.401. The summed E-state index contributed by atoms with van der Waals surface area (Å²) in [4.78, 5) is 0. The van der Waals surface area contributed by atoms with Gasteiger partial charge < -0.3 is 0 Å². The molecular weight excluding hydrogens is 245 g/mol. The second kappa shape index (κ2) is 4.59. The standard InChI is InChI=1S/C11H9F3N4/c1-8(17-18-6-15-16-7-18)9-3-2-4-10(5-9)11(12,13)14/h2-7H,1H3/b17-8+. The Morgan fingerprint density at radius 3 is 2.50 bits per heavy atom. The van der Waals surface area contributed by atoms with Crippen molar-refractivity contribution in [1.82, 2.24) is 14.9 Å². The van der Waals surface area contributed by atoms with Gasteiger partial charge in [-0.05, 0) is 24.6 Å². The lowest BCUT2D eigenvalue weighted by molar-refractivity contribution is -0.137. The second-order valence-corrected chi connectivity index (χ2v) is 3.61. The predicted octanol–water partition coefficient (Wildman–Crippen LogP) is 2.57. The number of halogens is 3. The maximum atomic E-state index is 12.5. The van der Waals surface area contributed by atoms with Gasteiger partial charge in [-0.15, -0.1) is 10.2 Å². The largest absolute Gasteiger partial charge is 0.416 e. The van der Waals surface area contributed by atoms with Crippen LogP contribution in [-0.4, -0.2) is 20.6 Å². The molecule has 0 N–H and O–H groups in total. The summed E-state index contributed by atoms with van der Waals surface area (Å²) in [5.41, 5.74) is 0.151. The van der Waals surface area contributed by atoms with Crippen molar-refractivity contribution in [2.45, 2.75) is 13.1 Å². The van der Waals surface area contributed by atoms with E-state index < -0.39 is 11.7 Å². The van der Waals surface area contributed by atoms with Crippen molar-refractivity contribution in [3.8, 4) is 0 Å². The van der Waals surface area contributed by atoms with Gasteiger partial charge in [0.25, 0.3) is 0 Å². The smallest absolute Gasteiger partial charge is 0.207 e. The molecule has 1 heterocycles. The molecular formula is C11H9F3N4. The Bertz CT molecular complexity index is 558. The molecule has 0 spiro atoms. The summed E-state index contributed by atoms with van der Waals surface area (Å²) in [6.45, 7) is 1.62. The number of hydrogen-bond acceptors (Lipinski definition) is 3. The predicted molar refractivity (Wildman–Crippen MR) is 59.1 cm³/mol. The van der Waals surface area contributed by atoms with Crippen LogP contribution in [0.3, 0.4) is 0 Å². The quantitative estimate of drug-likeness (QED) is 0.773. The molecule has 0 amide bonds. The molecule has 4 nitrogen and oxygen atoms in total. The van der Waals surface area contributed by atoms with Gasteiger partial charge in [0.2, 0.25) is 0 Å². The molecule has 18 heavy (non-hydrogen) atoms. The molecule has 1 aromatic carbocycles. The first kappa shape index (κ1) is 12.3. The highest BCUT2D eigenvalue weighted by Crippen LogP contribution is 2.29. The number of aromatic nitrogens is 3. The molecule has 94 valence electrons. The van der Waals surface area contributed by atoms with E-state index in [1.165, 1.54) is 23.4 Å². The molecule has 0 aliphatic heterocycles. The zero-order chi connectivity index (χ0) is 13.2. The van der Waals surface area contributed by atoms with Crippen LogP contribution in [0.25, 0.3) is 0 Å². The van der Waals surface area contributed by atoms with Crippen LogP contribution in [0.5, 0.6) is 0 Å². The fourth-order valence-corrected chi connectivity index (χ4v) is 1.40. The van der Waals surface area contributed by atoms with Crippen LogP contribution in [0, 0.1) is 0 Å². The lowest BCUT2D eigenvalue weighted by atomic mass is 10.1. The summed E-state index contributed by atoms with van der Waals surface area (Å²) in [6.07, 6.45) is -1.64. The number of nitrogens with zero attached hydrogens (tertiary/aromatic N) is 4. The highest BCUT2D eigenvalue weighted by molar-refractivity contribution is 5.98. The van der Waals surface area contributed by atoms with Crippen molar-refractivity contribution < 1.29 is 13.2 Å². The van der Waals surface area contributed by atoms with Crippen molar-refractivity contribution in [3.63, 3.8) is 0 Å². The average Bonchev–Trinajstić information content (AvgIpc) is 2.81. The van der Waals surface area contributed by atoms with Crippen molar-refractivity contribution in [3.05, 3.63) is 48.0 Å². The van der Waals surface area contributed by atoms with Gasteiger partial charge in [0.1, 0.15) is 12.7 Å². The number of rotatable bonds is 2. The topological polar surface area (TPSA) is 43.1 Å². The molecule has 0 saturated carbocycles. The van der Waals surface area contributed by atoms with E-state index in [0.29, 0.717) is 11.3 Å². The molecule has 0 radical (unpaired) electrons. The summed E-state index contributed by atoms with van der Waals surface area (Å²) >= 11 is 0. The van der Waals surface area contributed by atoms with Crippen LogP contribution >= 0.6 is 0 Å². The molecule has 2 aromatic rings. The van der Waals surface area contributed by atoms with Gasteiger partial charge >= 0.3 is 6.18 Å². The third-order valence-electron chi connectivity index (χ3n) is 2.28. The number of benzene rings is 1. The monoisotopic (exact) mass is 254 g/mol. The van der Waals surface area contributed by atoms with Crippen LogP contribution in [0.4, 0.5) is 13.2 Å². The summed E-state index contributed by atoms with van der Waals surface area (Å²) in [6, 6.07) is 5.00. The SMILES string of the molecule is C/C(=N\n1cnnc1)c1cccc(C(F)(F)F)c1. The van der Waals surface area contributed by atoms with E-state index in [0.717, 1.165) is 12.1 Å². The molecule has 0 fully saturated rings. The van der Waals surface area contributed by atoms with Gasteiger partial charge in [-0.25, -0.2) is 4.68 Å². The van der Waals surface area contributed by atoms with E-state index >= 15 is 0 Å². The number of alkyl halides is 3. The Hall–Kier alpha value is -2.18. The van der Waals surface area contributed by atoms with Gasteiger partial charge in [0, 0.05) is 0 Å². The maximum Gasteiger partial charge on any atom is 0.416 e.